The second-order valence-corrected chi connectivity index (χ2v) is 3.27. The van der Waals surface area contributed by atoms with Gasteiger partial charge in [0.25, 0.3) is 0 Å². The second-order valence-electron chi connectivity index (χ2n) is 3.27. The molecule has 0 amide bonds. The molecule has 1 aliphatic rings. The summed E-state index contributed by atoms with van der Waals surface area (Å²) in [7, 11) is 0. The molecule has 2 heteroatoms. The summed E-state index contributed by atoms with van der Waals surface area (Å²) in [5.41, 5.74) is 0. The lowest BCUT2D eigenvalue weighted by molar-refractivity contribution is 0.0286. The lowest BCUT2D eigenvalue weighted by Crippen LogP contribution is -2.56. The largest absolute Gasteiger partial charge is 0.296 e. The van der Waals surface area contributed by atoms with Gasteiger partial charge in [0.1, 0.15) is 0 Å². The van der Waals surface area contributed by atoms with Gasteiger partial charge in [-0.25, -0.2) is 0 Å². The minimum absolute atomic E-state index is 0.280. The van der Waals surface area contributed by atoms with Crippen LogP contribution in [0.3, 0.4) is 0 Å². The zero-order valence-corrected chi connectivity index (χ0v) is 6.83. The summed E-state index contributed by atoms with van der Waals surface area (Å²) in [5, 5.41) is 8.58. The maximum atomic E-state index is 8.58. The van der Waals surface area contributed by atoms with Crippen LogP contribution in [0.5, 0.6) is 0 Å². The van der Waals surface area contributed by atoms with E-state index in [0.717, 1.165) is 6.54 Å². The van der Waals surface area contributed by atoms with Crippen LogP contribution in [-0.2, 0) is 0 Å². The van der Waals surface area contributed by atoms with Gasteiger partial charge in [-0.05, 0) is 20.8 Å². The fourth-order valence-electron chi connectivity index (χ4n) is 1.47. The molecule has 0 aromatic rings. The van der Waals surface area contributed by atoms with Crippen LogP contribution in [0.15, 0.2) is 0 Å². The summed E-state index contributed by atoms with van der Waals surface area (Å²) in [5.74, 6) is 0.280. The smallest absolute Gasteiger partial charge is 0.0743 e. The molecule has 2 unspecified atom stereocenters. The van der Waals surface area contributed by atoms with E-state index in [-0.39, 0.29) is 5.92 Å². The highest BCUT2D eigenvalue weighted by atomic mass is 15.2. The van der Waals surface area contributed by atoms with Crippen molar-refractivity contribution in [3.63, 3.8) is 0 Å². The minimum Gasteiger partial charge on any atom is -0.296 e. The predicted molar refractivity (Wildman–Crippen MR) is 40.4 cm³/mol. The van der Waals surface area contributed by atoms with Crippen molar-refractivity contribution < 1.29 is 0 Å². The first-order chi connectivity index (χ1) is 4.66. The average molecular weight is 138 g/mol. The highest BCUT2D eigenvalue weighted by molar-refractivity contribution is 5.01. The lowest BCUT2D eigenvalue weighted by atomic mass is 9.90. The predicted octanol–water partition coefficient (Wildman–Crippen LogP) is 1.24. The molecule has 1 aliphatic heterocycles. The second kappa shape index (κ2) is 2.59. The van der Waals surface area contributed by atoms with Crippen LogP contribution in [0.25, 0.3) is 0 Å². The van der Waals surface area contributed by atoms with Gasteiger partial charge in [-0.3, -0.25) is 4.90 Å². The molecular formula is C8H14N2. The van der Waals surface area contributed by atoms with E-state index in [0.29, 0.717) is 12.1 Å². The molecule has 0 aromatic heterocycles. The Morgan fingerprint density at radius 2 is 2.20 bits per heavy atom. The standard InChI is InChI=1S/C8H14N2/c1-6(2)10-5-8(4-9)7(10)3/h6-8H,5H2,1-3H3. The molecule has 10 heavy (non-hydrogen) atoms. The van der Waals surface area contributed by atoms with Crippen LogP contribution in [0, 0.1) is 17.2 Å². The summed E-state index contributed by atoms with van der Waals surface area (Å²) in [4.78, 5) is 2.34. The summed E-state index contributed by atoms with van der Waals surface area (Å²) in [6.07, 6.45) is 0. The molecule has 0 N–H and O–H groups in total. The first-order valence-electron chi connectivity index (χ1n) is 3.82. The molecule has 0 spiro atoms. The number of hydrogen-bond donors (Lipinski definition) is 0. The number of likely N-dealkylation sites (tertiary alicyclic amines) is 1. The monoisotopic (exact) mass is 138 g/mol. The van der Waals surface area contributed by atoms with E-state index >= 15 is 0 Å². The van der Waals surface area contributed by atoms with Crippen molar-refractivity contribution in [3.8, 4) is 6.07 Å². The summed E-state index contributed by atoms with van der Waals surface area (Å²) in [6.45, 7) is 7.43. The Kier molecular flexibility index (Phi) is 1.96. The summed E-state index contributed by atoms with van der Waals surface area (Å²) in [6, 6.07) is 3.37. The topological polar surface area (TPSA) is 27.0 Å². The maximum absolute atomic E-state index is 8.58. The van der Waals surface area contributed by atoms with Gasteiger partial charge in [0.05, 0.1) is 12.0 Å². The third-order valence-corrected chi connectivity index (χ3v) is 2.34. The van der Waals surface area contributed by atoms with E-state index < -0.39 is 0 Å². The summed E-state index contributed by atoms with van der Waals surface area (Å²) < 4.78 is 0. The molecule has 0 radical (unpaired) electrons. The molecule has 1 rings (SSSR count). The van der Waals surface area contributed by atoms with Crippen molar-refractivity contribution in [2.75, 3.05) is 6.54 Å². The quantitative estimate of drug-likeness (QED) is 0.545. The fraction of sp³-hybridized carbons (Fsp3) is 0.875. The number of nitrogens with zero attached hydrogens (tertiary/aromatic N) is 2. The maximum Gasteiger partial charge on any atom is 0.0743 e. The Morgan fingerprint density at radius 1 is 1.60 bits per heavy atom. The number of nitriles is 1. The Bertz CT molecular complexity index is 157. The highest BCUT2D eigenvalue weighted by Gasteiger charge is 2.36. The first-order valence-corrected chi connectivity index (χ1v) is 3.82. The summed E-state index contributed by atoms with van der Waals surface area (Å²) >= 11 is 0. The van der Waals surface area contributed by atoms with E-state index in [1.54, 1.807) is 0 Å². The molecule has 2 nitrogen and oxygen atoms in total. The van der Waals surface area contributed by atoms with E-state index in [4.69, 9.17) is 5.26 Å². The van der Waals surface area contributed by atoms with Crippen LogP contribution in [0.4, 0.5) is 0 Å². The van der Waals surface area contributed by atoms with Gasteiger partial charge in [0, 0.05) is 18.6 Å². The minimum atomic E-state index is 0.280. The van der Waals surface area contributed by atoms with Gasteiger partial charge in [-0.2, -0.15) is 5.26 Å². The Labute approximate surface area is 62.4 Å². The van der Waals surface area contributed by atoms with Crippen molar-refractivity contribution in [3.05, 3.63) is 0 Å². The molecule has 2 atom stereocenters. The molecule has 1 saturated heterocycles. The molecule has 1 fully saturated rings. The van der Waals surface area contributed by atoms with Crippen molar-refractivity contribution in [2.24, 2.45) is 5.92 Å². The van der Waals surface area contributed by atoms with Crippen LogP contribution in [0.1, 0.15) is 20.8 Å². The van der Waals surface area contributed by atoms with E-state index in [9.17, 15) is 0 Å². The SMILES string of the molecule is CC(C)N1CC(C#N)C1C. The fourth-order valence-corrected chi connectivity index (χ4v) is 1.47. The third kappa shape index (κ3) is 1.02. The van der Waals surface area contributed by atoms with Crippen molar-refractivity contribution in [1.82, 2.24) is 4.90 Å². The molecule has 0 aliphatic carbocycles. The van der Waals surface area contributed by atoms with Crippen molar-refractivity contribution in [2.45, 2.75) is 32.9 Å². The van der Waals surface area contributed by atoms with Gasteiger partial charge in [0.15, 0.2) is 0 Å². The van der Waals surface area contributed by atoms with Crippen molar-refractivity contribution >= 4 is 0 Å². The van der Waals surface area contributed by atoms with Gasteiger partial charge in [-0.1, -0.05) is 0 Å². The van der Waals surface area contributed by atoms with Crippen LogP contribution in [-0.4, -0.2) is 23.5 Å². The number of hydrogen-bond acceptors (Lipinski definition) is 2. The zero-order valence-electron chi connectivity index (χ0n) is 6.83. The molecule has 56 valence electrons. The first kappa shape index (κ1) is 7.56. The molecule has 0 saturated carbocycles. The molecular weight excluding hydrogens is 124 g/mol. The van der Waals surface area contributed by atoms with Crippen LogP contribution < -0.4 is 0 Å². The number of rotatable bonds is 1. The van der Waals surface area contributed by atoms with E-state index in [1.165, 1.54) is 0 Å². The third-order valence-electron chi connectivity index (χ3n) is 2.34. The Hall–Kier alpha value is -0.550. The van der Waals surface area contributed by atoms with E-state index in [2.05, 4.69) is 31.7 Å². The average Bonchev–Trinajstić information content (AvgIpc) is 1.85. The molecule has 0 aromatic carbocycles. The van der Waals surface area contributed by atoms with Crippen LogP contribution in [0.2, 0.25) is 0 Å². The van der Waals surface area contributed by atoms with Gasteiger partial charge < -0.3 is 0 Å². The zero-order chi connectivity index (χ0) is 7.72. The van der Waals surface area contributed by atoms with Gasteiger partial charge in [0.2, 0.25) is 0 Å². The van der Waals surface area contributed by atoms with E-state index in [1.807, 2.05) is 0 Å². The Morgan fingerprint density at radius 3 is 2.50 bits per heavy atom. The van der Waals surface area contributed by atoms with Gasteiger partial charge >= 0.3 is 0 Å². The normalized spacial score (nSPS) is 33.5. The van der Waals surface area contributed by atoms with Crippen LogP contribution >= 0.6 is 0 Å². The van der Waals surface area contributed by atoms with Gasteiger partial charge in [-0.15, -0.1) is 0 Å². The molecule has 1 heterocycles. The molecule has 0 bridgehead atoms. The van der Waals surface area contributed by atoms with Crippen molar-refractivity contribution in [1.29, 1.82) is 5.26 Å². The lowest BCUT2D eigenvalue weighted by Gasteiger charge is -2.45. The Balaban J connectivity index is 2.41. The highest BCUT2D eigenvalue weighted by Crippen LogP contribution is 2.25.